The van der Waals surface area contributed by atoms with Gasteiger partial charge in [-0.05, 0) is 49.4 Å². The SMILES string of the molecule is CCOC(=O)c1cc2cc(NC(=O)N3CCN(C(=O)C(=O)N4CCCC4)CC3)ccc2s1. The van der Waals surface area contributed by atoms with E-state index in [1.807, 2.05) is 12.1 Å². The predicted molar refractivity (Wildman–Crippen MR) is 121 cm³/mol. The van der Waals surface area contributed by atoms with E-state index in [9.17, 15) is 19.2 Å². The molecule has 1 aromatic carbocycles. The van der Waals surface area contributed by atoms with Gasteiger partial charge in [-0.15, -0.1) is 11.3 Å². The number of rotatable bonds is 3. The van der Waals surface area contributed by atoms with Gasteiger partial charge in [0.05, 0.1) is 6.61 Å². The summed E-state index contributed by atoms with van der Waals surface area (Å²) in [6, 6.07) is 6.97. The summed E-state index contributed by atoms with van der Waals surface area (Å²) < 4.78 is 5.98. The van der Waals surface area contributed by atoms with Crippen molar-refractivity contribution in [3.63, 3.8) is 0 Å². The van der Waals surface area contributed by atoms with Gasteiger partial charge in [-0.25, -0.2) is 9.59 Å². The molecule has 2 fully saturated rings. The van der Waals surface area contributed by atoms with Gasteiger partial charge >= 0.3 is 23.8 Å². The zero-order chi connectivity index (χ0) is 22.7. The van der Waals surface area contributed by atoms with Crippen molar-refractivity contribution in [1.82, 2.24) is 14.7 Å². The molecule has 2 aliphatic rings. The summed E-state index contributed by atoms with van der Waals surface area (Å²) in [6.07, 6.45) is 1.88. The number of carbonyl (C=O) groups excluding carboxylic acids is 4. The highest BCUT2D eigenvalue weighted by atomic mass is 32.1. The second kappa shape index (κ2) is 9.56. The fourth-order valence-electron chi connectivity index (χ4n) is 3.93. The van der Waals surface area contributed by atoms with Crippen LogP contribution in [0, 0.1) is 0 Å². The number of anilines is 1. The van der Waals surface area contributed by atoms with Crippen LogP contribution in [0.15, 0.2) is 24.3 Å². The predicted octanol–water partition coefficient (Wildman–Crippen LogP) is 2.38. The number of nitrogens with one attached hydrogen (secondary N) is 1. The Bertz CT molecular complexity index is 1040. The van der Waals surface area contributed by atoms with Crippen molar-refractivity contribution in [1.29, 1.82) is 0 Å². The summed E-state index contributed by atoms with van der Waals surface area (Å²) in [5, 5.41) is 3.73. The van der Waals surface area contributed by atoms with Gasteiger partial charge in [-0.2, -0.15) is 0 Å². The Morgan fingerprint density at radius 1 is 0.906 bits per heavy atom. The average molecular weight is 459 g/mol. The second-order valence-electron chi connectivity index (χ2n) is 7.79. The van der Waals surface area contributed by atoms with Crippen LogP contribution in [0.4, 0.5) is 10.5 Å². The summed E-state index contributed by atoms with van der Waals surface area (Å²) in [5.41, 5.74) is 0.624. The molecule has 0 saturated carbocycles. The Kier molecular flexibility index (Phi) is 6.59. The monoisotopic (exact) mass is 458 g/mol. The van der Waals surface area contributed by atoms with E-state index in [0.29, 0.717) is 56.4 Å². The van der Waals surface area contributed by atoms with Gasteiger partial charge < -0.3 is 24.8 Å². The van der Waals surface area contributed by atoms with Crippen LogP contribution in [0.25, 0.3) is 10.1 Å². The van der Waals surface area contributed by atoms with Crippen molar-refractivity contribution in [2.75, 3.05) is 51.2 Å². The summed E-state index contributed by atoms with van der Waals surface area (Å²) >= 11 is 1.35. The number of nitrogens with zero attached hydrogens (tertiary/aromatic N) is 3. The molecule has 0 aliphatic carbocycles. The van der Waals surface area contributed by atoms with E-state index in [2.05, 4.69) is 5.32 Å². The van der Waals surface area contributed by atoms with Crippen molar-refractivity contribution < 1.29 is 23.9 Å². The van der Waals surface area contributed by atoms with Crippen LogP contribution < -0.4 is 5.32 Å². The molecular formula is C22H26N4O5S. The molecule has 32 heavy (non-hydrogen) atoms. The maximum Gasteiger partial charge on any atom is 0.348 e. The highest BCUT2D eigenvalue weighted by molar-refractivity contribution is 7.20. The van der Waals surface area contributed by atoms with Crippen LogP contribution in [-0.2, 0) is 14.3 Å². The Balaban J connectivity index is 1.32. The molecule has 4 amide bonds. The quantitative estimate of drug-likeness (QED) is 0.562. The van der Waals surface area contributed by atoms with Gasteiger partial charge in [0.2, 0.25) is 0 Å². The lowest BCUT2D eigenvalue weighted by Gasteiger charge is -2.34. The molecule has 170 valence electrons. The molecule has 4 rings (SSSR count). The minimum Gasteiger partial charge on any atom is -0.462 e. The van der Waals surface area contributed by atoms with Crippen molar-refractivity contribution in [2.24, 2.45) is 0 Å². The van der Waals surface area contributed by atoms with E-state index in [4.69, 9.17) is 4.74 Å². The van der Waals surface area contributed by atoms with E-state index < -0.39 is 11.8 Å². The second-order valence-corrected chi connectivity index (χ2v) is 8.88. The zero-order valence-electron chi connectivity index (χ0n) is 18.0. The van der Waals surface area contributed by atoms with Crippen LogP contribution in [-0.4, -0.2) is 84.4 Å². The molecule has 0 spiro atoms. The van der Waals surface area contributed by atoms with Gasteiger partial charge in [0.15, 0.2) is 0 Å². The summed E-state index contributed by atoms with van der Waals surface area (Å²) in [6.45, 7) is 4.75. The molecule has 10 heteroatoms. The van der Waals surface area contributed by atoms with E-state index in [-0.39, 0.29) is 12.0 Å². The maximum absolute atomic E-state index is 12.7. The minimum absolute atomic E-state index is 0.261. The summed E-state index contributed by atoms with van der Waals surface area (Å²) in [5.74, 6) is -1.27. The number of urea groups is 1. The van der Waals surface area contributed by atoms with E-state index in [0.717, 1.165) is 22.9 Å². The minimum atomic E-state index is -0.479. The largest absolute Gasteiger partial charge is 0.462 e. The lowest BCUT2D eigenvalue weighted by atomic mass is 10.2. The summed E-state index contributed by atoms with van der Waals surface area (Å²) in [7, 11) is 0. The van der Waals surface area contributed by atoms with Crippen molar-refractivity contribution in [2.45, 2.75) is 19.8 Å². The smallest absolute Gasteiger partial charge is 0.348 e. The number of hydrogen-bond donors (Lipinski definition) is 1. The molecule has 3 heterocycles. The molecule has 0 atom stereocenters. The van der Waals surface area contributed by atoms with Crippen LogP contribution in [0.3, 0.4) is 0 Å². The fourth-order valence-corrected chi connectivity index (χ4v) is 4.87. The van der Waals surface area contributed by atoms with E-state index in [1.54, 1.807) is 28.9 Å². The molecule has 0 unspecified atom stereocenters. The molecule has 0 radical (unpaired) electrons. The van der Waals surface area contributed by atoms with Gasteiger partial charge in [0.1, 0.15) is 4.88 Å². The fraction of sp³-hybridized carbons (Fsp3) is 0.455. The average Bonchev–Trinajstić information content (AvgIpc) is 3.48. The number of thiophene rings is 1. The Morgan fingerprint density at radius 3 is 2.19 bits per heavy atom. The standard InChI is InChI=1S/C22H26N4O5S/c1-2-31-21(29)18-14-15-13-16(5-6-17(15)32-18)23-22(30)26-11-9-25(10-12-26)20(28)19(27)24-7-3-4-8-24/h5-6,13-14H,2-4,7-12H2,1H3,(H,23,30). The van der Waals surface area contributed by atoms with Gasteiger partial charge in [0.25, 0.3) is 0 Å². The van der Waals surface area contributed by atoms with E-state index >= 15 is 0 Å². The number of hydrogen-bond acceptors (Lipinski definition) is 6. The Morgan fingerprint density at radius 2 is 1.53 bits per heavy atom. The van der Waals surface area contributed by atoms with Gasteiger partial charge in [-0.3, -0.25) is 9.59 Å². The third-order valence-electron chi connectivity index (χ3n) is 5.67. The number of fused-ring (bicyclic) bond motifs is 1. The first kappa shape index (κ1) is 22.1. The number of ether oxygens (including phenoxy) is 1. The van der Waals surface area contributed by atoms with Crippen LogP contribution >= 0.6 is 11.3 Å². The van der Waals surface area contributed by atoms with Crippen LogP contribution in [0.5, 0.6) is 0 Å². The molecular weight excluding hydrogens is 432 g/mol. The van der Waals surface area contributed by atoms with Crippen molar-refractivity contribution in [3.8, 4) is 0 Å². The maximum atomic E-state index is 12.7. The number of likely N-dealkylation sites (tertiary alicyclic amines) is 1. The third-order valence-corrected chi connectivity index (χ3v) is 6.77. The lowest BCUT2D eigenvalue weighted by molar-refractivity contribution is -0.152. The first-order valence-corrected chi connectivity index (χ1v) is 11.6. The molecule has 9 nitrogen and oxygen atoms in total. The normalized spacial score (nSPS) is 16.3. The topological polar surface area (TPSA) is 99.3 Å². The number of carbonyl (C=O) groups is 4. The number of esters is 1. The highest BCUT2D eigenvalue weighted by Gasteiger charge is 2.31. The first-order valence-electron chi connectivity index (χ1n) is 10.8. The number of benzene rings is 1. The molecule has 1 N–H and O–H groups in total. The highest BCUT2D eigenvalue weighted by Crippen LogP contribution is 2.29. The van der Waals surface area contributed by atoms with Gasteiger partial charge in [0, 0.05) is 49.7 Å². The van der Waals surface area contributed by atoms with Crippen molar-refractivity contribution in [3.05, 3.63) is 29.1 Å². The van der Waals surface area contributed by atoms with Crippen LogP contribution in [0.2, 0.25) is 0 Å². The molecule has 2 saturated heterocycles. The Labute approximate surface area is 189 Å². The van der Waals surface area contributed by atoms with Crippen molar-refractivity contribution >= 4 is 50.9 Å². The van der Waals surface area contributed by atoms with E-state index in [1.165, 1.54) is 16.2 Å². The molecule has 0 bridgehead atoms. The molecule has 2 aromatic rings. The number of amides is 4. The van der Waals surface area contributed by atoms with Gasteiger partial charge in [-0.1, -0.05) is 0 Å². The molecule has 2 aliphatic heterocycles. The third kappa shape index (κ3) is 4.69. The number of piperazine rings is 1. The summed E-state index contributed by atoms with van der Waals surface area (Å²) in [4.78, 5) is 54.7. The Hall–Kier alpha value is -3.14. The lowest BCUT2D eigenvalue weighted by Crippen LogP contribution is -2.54. The first-order chi connectivity index (χ1) is 15.5. The van der Waals surface area contributed by atoms with Crippen LogP contribution in [0.1, 0.15) is 29.4 Å². The zero-order valence-corrected chi connectivity index (χ0v) is 18.8. The molecule has 1 aromatic heterocycles.